The first-order valence-corrected chi connectivity index (χ1v) is 8.74. The first-order valence-electron chi connectivity index (χ1n) is 6.06. The number of halogens is 7. The molecule has 0 aliphatic carbocycles. The third-order valence-corrected chi connectivity index (χ3v) is 4.77. The molecule has 1 heterocycles. The van der Waals surface area contributed by atoms with Gasteiger partial charge in [0.25, 0.3) is 5.91 Å². The minimum Gasteiger partial charge on any atom is -0.483 e. The Kier molecular flexibility index (Phi) is 6.95. The Bertz CT molecular complexity index is 716. The van der Waals surface area contributed by atoms with Gasteiger partial charge in [0.15, 0.2) is 5.06 Å². The second kappa shape index (κ2) is 7.97. The van der Waals surface area contributed by atoms with Crippen molar-refractivity contribution in [3.63, 3.8) is 0 Å². The highest BCUT2D eigenvalue weighted by Gasteiger charge is 2.45. The third kappa shape index (κ3) is 6.87. The van der Waals surface area contributed by atoms with E-state index in [1.807, 2.05) is 0 Å². The molecule has 144 valence electrons. The Labute approximate surface area is 146 Å². The van der Waals surface area contributed by atoms with Crippen molar-refractivity contribution in [2.45, 2.75) is 11.7 Å². The van der Waals surface area contributed by atoms with Crippen molar-refractivity contribution in [1.29, 1.82) is 0 Å². The molecular formula is C10H9ClF6N2O4S2. The van der Waals surface area contributed by atoms with Gasteiger partial charge < -0.3 is 10.1 Å². The number of carbonyl (C=O) groups is 1. The lowest BCUT2D eigenvalue weighted by Crippen LogP contribution is -2.38. The van der Waals surface area contributed by atoms with Crippen LogP contribution in [-0.4, -0.2) is 45.7 Å². The number of thiophene rings is 1. The average Bonchev–Trinajstić information content (AvgIpc) is 2.80. The van der Waals surface area contributed by atoms with Crippen LogP contribution in [0, 0.1) is 0 Å². The van der Waals surface area contributed by atoms with E-state index in [4.69, 9.17) is 16.3 Å². The van der Waals surface area contributed by atoms with Crippen molar-refractivity contribution < 1.29 is 44.3 Å². The van der Waals surface area contributed by atoms with Crippen molar-refractivity contribution in [2.24, 2.45) is 0 Å². The van der Waals surface area contributed by atoms with Crippen LogP contribution in [0.15, 0.2) is 6.07 Å². The maximum Gasteiger partial charge on any atom is 0.511 e. The summed E-state index contributed by atoms with van der Waals surface area (Å²) < 4.78 is 99.6. The summed E-state index contributed by atoms with van der Waals surface area (Å²) in [6.07, 6.45) is -4.62. The van der Waals surface area contributed by atoms with Crippen LogP contribution in [0.4, 0.5) is 26.3 Å². The summed E-state index contributed by atoms with van der Waals surface area (Å²) in [7, 11) is -5.51. The van der Waals surface area contributed by atoms with E-state index in [9.17, 15) is 39.6 Å². The van der Waals surface area contributed by atoms with Gasteiger partial charge in [-0.2, -0.15) is 26.3 Å². The lowest BCUT2D eigenvalue weighted by Gasteiger charge is -2.09. The zero-order valence-corrected chi connectivity index (χ0v) is 14.2. The fraction of sp³-hybridized carbons (Fsp3) is 0.500. The topological polar surface area (TPSA) is 84.5 Å². The monoisotopic (exact) mass is 434 g/mol. The van der Waals surface area contributed by atoms with Gasteiger partial charge in [-0.05, 0) is 0 Å². The van der Waals surface area contributed by atoms with Crippen LogP contribution in [0.25, 0.3) is 0 Å². The number of sulfonamides is 1. The van der Waals surface area contributed by atoms with Gasteiger partial charge in [0.2, 0.25) is 0 Å². The van der Waals surface area contributed by atoms with E-state index in [1.54, 1.807) is 5.32 Å². The summed E-state index contributed by atoms with van der Waals surface area (Å²) >= 11 is 6.31. The van der Waals surface area contributed by atoms with Crippen LogP contribution in [0.2, 0.25) is 4.34 Å². The van der Waals surface area contributed by atoms with E-state index in [0.29, 0.717) is 11.3 Å². The molecule has 0 fully saturated rings. The van der Waals surface area contributed by atoms with Gasteiger partial charge in [-0.25, -0.2) is 13.1 Å². The molecule has 0 saturated carbocycles. The minimum absolute atomic E-state index is 0.0895. The molecule has 0 aliphatic heterocycles. The molecule has 1 aromatic heterocycles. The SMILES string of the molecule is O=C(NCC(F)(F)F)c1cc(OCCNS(=O)(=O)C(F)(F)F)sc1Cl. The normalized spacial score (nSPS) is 12.9. The Morgan fingerprint density at radius 3 is 2.36 bits per heavy atom. The molecule has 0 atom stereocenters. The summed E-state index contributed by atoms with van der Waals surface area (Å²) in [5.74, 6) is -1.12. The Balaban J connectivity index is 2.56. The van der Waals surface area contributed by atoms with E-state index in [0.717, 1.165) is 6.07 Å². The number of rotatable bonds is 7. The van der Waals surface area contributed by atoms with Gasteiger partial charge in [-0.15, -0.1) is 0 Å². The lowest BCUT2D eigenvalue weighted by molar-refractivity contribution is -0.123. The van der Waals surface area contributed by atoms with Gasteiger partial charge in [0.05, 0.1) is 5.56 Å². The van der Waals surface area contributed by atoms with Crippen LogP contribution in [-0.2, 0) is 10.0 Å². The molecule has 25 heavy (non-hydrogen) atoms. The molecule has 0 aromatic carbocycles. The molecule has 1 aromatic rings. The fourth-order valence-corrected chi connectivity index (χ4v) is 2.90. The zero-order chi connectivity index (χ0) is 19.5. The van der Waals surface area contributed by atoms with Gasteiger partial charge >= 0.3 is 21.7 Å². The second-order valence-electron chi connectivity index (χ2n) is 4.24. The molecular weight excluding hydrogens is 426 g/mol. The number of ether oxygens (including phenoxy) is 1. The first kappa shape index (κ1) is 21.8. The first-order chi connectivity index (χ1) is 11.2. The van der Waals surface area contributed by atoms with Crippen molar-refractivity contribution in [2.75, 3.05) is 19.7 Å². The number of hydrogen-bond donors (Lipinski definition) is 2. The maximum atomic E-state index is 12.1. The highest BCUT2D eigenvalue weighted by atomic mass is 35.5. The number of carbonyl (C=O) groups excluding carboxylic acids is 1. The molecule has 6 nitrogen and oxygen atoms in total. The highest BCUT2D eigenvalue weighted by Crippen LogP contribution is 2.33. The minimum atomic E-state index is -5.51. The molecule has 0 radical (unpaired) electrons. The molecule has 0 spiro atoms. The summed E-state index contributed by atoms with van der Waals surface area (Å²) in [6.45, 7) is -2.84. The smallest absolute Gasteiger partial charge is 0.483 e. The summed E-state index contributed by atoms with van der Waals surface area (Å²) in [4.78, 5) is 11.5. The van der Waals surface area contributed by atoms with E-state index in [-0.39, 0.29) is 15.0 Å². The van der Waals surface area contributed by atoms with Gasteiger partial charge in [0, 0.05) is 12.6 Å². The fourth-order valence-electron chi connectivity index (χ4n) is 1.26. The van der Waals surface area contributed by atoms with E-state index >= 15 is 0 Å². The lowest BCUT2D eigenvalue weighted by atomic mass is 10.3. The summed E-state index contributed by atoms with van der Waals surface area (Å²) in [5, 5.41) is 1.49. The summed E-state index contributed by atoms with van der Waals surface area (Å²) in [5.41, 5.74) is -5.79. The molecule has 15 heteroatoms. The van der Waals surface area contributed by atoms with Crippen LogP contribution < -0.4 is 14.8 Å². The molecule has 0 saturated heterocycles. The molecule has 2 N–H and O–H groups in total. The van der Waals surface area contributed by atoms with E-state index < -0.39 is 47.3 Å². The highest BCUT2D eigenvalue weighted by molar-refractivity contribution is 7.90. The molecule has 0 aliphatic rings. The van der Waals surface area contributed by atoms with E-state index in [1.165, 1.54) is 4.72 Å². The Morgan fingerprint density at radius 1 is 1.24 bits per heavy atom. The maximum absolute atomic E-state index is 12.1. The van der Waals surface area contributed by atoms with Crippen molar-refractivity contribution in [1.82, 2.24) is 10.0 Å². The van der Waals surface area contributed by atoms with Gasteiger partial charge in [-0.3, -0.25) is 4.79 Å². The standard InChI is InChI=1S/C10H9ClF6N2O4S2/c11-7-5(8(20)18-4-9(12,13)14)3-6(24-7)23-2-1-19-25(21,22)10(15,16)17/h3,19H,1-2,4H2,(H,18,20). The van der Waals surface area contributed by atoms with Gasteiger partial charge in [-0.1, -0.05) is 22.9 Å². The van der Waals surface area contributed by atoms with E-state index in [2.05, 4.69) is 0 Å². The zero-order valence-electron chi connectivity index (χ0n) is 11.8. The molecule has 1 rings (SSSR count). The van der Waals surface area contributed by atoms with Crippen molar-refractivity contribution in [3.05, 3.63) is 16.0 Å². The second-order valence-corrected chi connectivity index (χ2v) is 7.62. The Morgan fingerprint density at radius 2 is 1.84 bits per heavy atom. The number of alkyl halides is 6. The number of hydrogen-bond acceptors (Lipinski definition) is 5. The quantitative estimate of drug-likeness (QED) is 0.510. The predicted octanol–water partition coefficient (Wildman–Crippen LogP) is 2.51. The average molecular weight is 435 g/mol. The number of amides is 1. The van der Waals surface area contributed by atoms with Crippen LogP contribution in [0.1, 0.15) is 10.4 Å². The Hall–Kier alpha value is -1.25. The largest absolute Gasteiger partial charge is 0.511 e. The van der Waals surface area contributed by atoms with Gasteiger partial charge in [0.1, 0.15) is 17.5 Å². The van der Waals surface area contributed by atoms with Crippen LogP contribution >= 0.6 is 22.9 Å². The van der Waals surface area contributed by atoms with Crippen LogP contribution in [0.3, 0.4) is 0 Å². The third-order valence-electron chi connectivity index (χ3n) is 2.30. The van der Waals surface area contributed by atoms with Crippen molar-refractivity contribution >= 4 is 38.9 Å². The van der Waals surface area contributed by atoms with Crippen LogP contribution in [0.5, 0.6) is 5.06 Å². The number of nitrogens with one attached hydrogen (secondary N) is 2. The summed E-state index contributed by atoms with van der Waals surface area (Å²) in [6, 6.07) is 0.983. The molecule has 0 unspecified atom stereocenters. The molecule has 1 amide bonds. The van der Waals surface area contributed by atoms with Crippen molar-refractivity contribution in [3.8, 4) is 5.06 Å². The molecule has 0 bridgehead atoms. The predicted molar refractivity (Wildman–Crippen MR) is 76.2 cm³/mol.